The fraction of sp³-hybridized carbons (Fsp3) is 1.00. The van der Waals surface area contributed by atoms with Crippen LogP contribution in [0.2, 0.25) is 4.44 Å². The SMILES string of the molecule is CCNCCC[CH2][SnH]. The van der Waals surface area contributed by atoms with E-state index in [2.05, 4.69) is 12.2 Å². The summed E-state index contributed by atoms with van der Waals surface area (Å²) in [7, 11) is 0. The molecule has 1 N–H and O–H groups in total. The van der Waals surface area contributed by atoms with Gasteiger partial charge in [-0.05, 0) is 0 Å². The Hall–Kier alpha value is 0.759. The molecule has 8 heavy (non-hydrogen) atoms. The normalized spacial score (nSPS) is 9.75. The van der Waals surface area contributed by atoms with Gasteiger partial charge in [0.2, 0.25) is 0 Å². The molecule has 0 aliphatic heterocycles. The van der Waals surface area contributed by atoms with Crippen LogP contribution in [0.1, 0.15) is 19.8 Å². The number of unbranched alkanes of at least 4 members (excludes halogenated alkanes) is 1. The van der Waals surface area contributed by atoms with Gasteiger partial charge < -0.3 is 0 Å². The zero-order chi connectivity index (χ0) is 6.24. The van der Waals surface area contributed by atoms with Gasteiger partial charge in [0.15, 0.2) is 0 Å². The molecule has 0 aromatic carbocycles. The zero-order valence-electron chi connectivity index (χ0n) is 5.61. The monoisotopic (exact) mass is 221 g/mol. The Morgan fingerprint density at radius 2 is 2.12 bits per heavy atom. The van der Waals surface area contributed by atoms with Gasteiger partial charge in [-0.15, -0.1) is 0 Å². The number of nitrogens with one attached hydrogen (secondary N) is 1. The number of rotatable bonds is 5. The first kappa shape index (κ1) is 8.76. The Morgan fingerprint density at radius 3 is 2.62 bits per heavy atom. The molecule has 1 nitrogen and oxygen atoms in total. The second-order valence-electron chi connectivity index (χ2n) is 1.85. The molecule has 0 fully saturated rings. The van der Waals surface area contributed by atoms with E-state index in [9.17, 15) is 0 Å². The second-order valence-corrected chi connectivity index (χ2v) is 3.50. The zero-order valence-corrected chi connectivity index (χ0v) is 8.91. The van der Waals surface area contributed by atoms with Gasteiger partial charge in [0.05, 0.1) is 0 Å². The van der Waals surface area contributed by atoms with Crippen molar-refractivity contribution in [3.05, 3.63) is 0 Å². The molecule has 0 saturated heterocycles. The van der Waals surface area contributed by atoms with Gasteiger partial charge in [0.25, 0.3) is 0 Å². The van der Waals surface area contributed by atoms with E-state index in [0.717, 1.165) is 6.54 Å². The van der Waals surface area contributed by atoms with E-state index in [-0.39, 0.29) is 0 Å². The van der Waals surface area contributed by atoms with Crippen molar-refractivity contribution < 1.29 is 0 Å². The summed E-state index contributed by atoms with van der Waals surface area (Å²) in [4.78, 5) is 0. The number of hydrogen-bond acceptors (Lipinski definition) is 1. The Labute approximate surface area is 65.3 Å². The van der Waals surface area contributed by atoms with E-state index >= 15 is 0 Å². The van der Waals surface area contributed by atoms with Crippen LogP contribution in [0.15, 0.2) is 0 Å². The molecule has 0 amide bonds. The van der Waals surface area contributed by atoms with Gasteiger partial charge in [-0.3, -0.25) is 0 Å². The summed E-state index contributed by atoms with van der Waals surface area (Å²) in [6, 6.07) is 0. The molecule has 0 aromatic heterocycles. The molecule has 0 bridgehead atoms. The van der Waals surface area contributed by atoms with Crippen molar-refractivity contribution in [2.45, 2.75) is 24.2 Å². The van der Waals surface area contributed by atoms with Crippen molar-refractivity contribution in [1.82, 2.24) is 5.32 Å². The molecular weight excluding hydrogens is 205 g/mol. The standard InChI is InChI=1S/C6H14N.Sn.H/c1-3-5-6-7-4-2;;/h7H,1,3-6H2,2H3;;. The summed E-state index contributed by atoms with van der Waals surface area (Å²) >= 11 is 1.43. The van der Waals surface area contributed by atoms with Crippen molar-refractivity contribution in [3.8, 4) is 0 Å². The van der Waals surface area contributed by atoms with Crippen LogP contribution in [0.3, 0.4) is 0 Å². The molecule has 0 aliphatic rings. The third-order valence-electron chi connectivity index (χ3n) is 1.06. The molecule has 0 heterocycles. The van der Waals surface area contributed by atoms with Crippen LogP contribution in [-0.2, 0) is 0 Å². The molecule has 2 radical (unpaired) electrons. The van der Waals surface area contributed by atoms with Crippen LogP contribution in [-0.4, -0.2) is 35.6 Å². The topological polar surface area (TPSA) is 12.0 Å². The fourth-order valence-electron chi connectivity index (χ4n) is 0.571. The third kappa shape index (κ3) is 6.76. The van der Waals surface area contributed by atoms with Gasteiger partial charge in [-0.1, -0.05) is 0 Å². The first-order chi connectivity index (χ1) is 3.91. The summed E-state index contributed by atoms with van der Waals surface area (Å²) < 4.78 is 1.45. The Balaban J connectivity index is 2.53. The van der Waals surface area contributed by atoms with E-state index in [1.165, 1.54) is 46.3 Å². The molecule has 0 spiro atoms. The predicted octanol–water partition coefficient (Wildman–Crippen LogP) is 0.695. The van der Waals surface area contributed by atoms with Crippen LogP contribution in [0.25, 0.3) is 0 Å². The van der Waals surface area contributed by atoms with Gasteiger partial charge in [0, 0.05) is 0 Å². The second kappa shape index (κ2) is 7.76. The molecule has 0 unspecified atom stereocenters. The van der Waals surface area contributed by atoms with E-state index in [1.807, 2.05) is 0 Å². The van der Waals surface area contributed by atoms with E-state index < -0.39 is 0 Å². The minimum atomic E-state index is 1.13. The van der Waals surface area contributed by atoms with Crippen LogP contribution in [0.5, 0.6) is 0 Å². The summed E-state index contributed by atoms with van der Waals surface area (Å²) in [5.41, 5.74) is 0. The summed E-state index contributed by atoms with van der Waals surface area (Å²) in [5.74, 6) is 0. The van der Waals surface area contributed by atoms with Crippen molar-refractivity contribution in [2.75, 3.05) is 13.1 Å². The Kier molecular flexibility index (Phi) is 8.49. The summed E-state index contributed by atoms with van der Waals surface area (Å²) in [6.45, 7) is 4.50. The van der Waals surface area contributed by atoms with Gasteiger partial charge in [-0.25, -0.2) is 0 Å². The van der Waals surface area contributed by atoms with Crippen molar-refractivity contribution >= 4 is 22.5 Å². The van der Waals surface area contributed by atoms with Crippen LogP contribution >= 0.6 is 0 Å². The minimum absolute atomic E-state index is 1.13. The van der Waals surface area contributed by atoms with Gasteiger partial charge >= 0.3 is 65.1 Å². The molecular formula is C6H15NSn. The molecule has 2 heteroatoms. The van der Waals surface area contributed by atoms with Crippen molar-refractivity contribution in [2.24, 2.45) is 0 Å². The third-order valence-corrected chi connectivity index (χ3v) is 2.22. The summed E-state index contributed by atoms with van der Waals surface area (Å²) in [5, 5.41) is 3.30. The first-order valence-corrected chi connectivity index (χ1v) is 5.65. The van der Waals surface area contributed by atoms with E-state index in [1.54, 1.807) is 0 Å². The predicted molar refractivity (Wildman–Crippen MR) is 39.7 cm³/mol. The summed E-state index contributed by atoms with van der Waals surface area (Å²) in [6.07, 6.45) is 2.80. The van der Waals surface area contributed by atoms with Crippen LogP contribution in [0.4, 0.5) is 0 Å². The van der Waals surface area contributed by atoms with Gasteiger partial charge in [0.1, 0.15) is 0 Å². The molecule has 48 valence electrons. The van der Waals surface area contributed by atoms with Crippen LogP contribution in [0, 0.1) is 0 Å². The van der Waals surface area contributed by atoms with Gasteiger partial charge in [-0.2, -0.15) is 0 Å². The van der Waals surface area contributed by atoms with E-state index in [4.69, 9.17) is 0 Å². The quantitative estimate of drug-likeness (QED) is 0.531. The Bertz CT molecular complexity index is 33.5. The first-order valence-electron chi connectivity index (χ1n) is 3.32. The average Bonchev–Trinajstić information content (AvgIpc) is 1.81. The van der Waals surface area contributed by atoms with E-state index in [0.29, 0.717) is 0 Å². The average molecular weight is 220 g/mol. The maximum absolute atomic E-state index is 3.30. The van der Waals surface area contributed by atoms with Crippen molar-refractivity contribution in [3.63, 3.8) is 0 Å². The Morgan fingerprint density at radius 1 is 1.38 bits per heavy atom. The molecule has 0 saturated carbocycles. The maximum atomic E-state index is 3.30. The number of hydrogen-bond donors (Lipinski definition) is 1. The molecule has 0 rings (SSSR count). The molecule has 0 aromatic rings. The fourth-order valence-corrected chi connectivity index (χ4v) is 1.40. The molecule has 0 atom stereocenters. The molecule has 0 aliphatic carbocycles. The van der Waals surface area contributed by atoms with Crippen LogP contribution < -0.4 is 5.32 Å². The van der Waals surface area contributed by atoms with Crippen molar-refractivity contribution in [1.29, 1.82) is 0 Å².